The summed E-state index contributed by atoms with van der Waals surface area (Å²) < 4.78 is 5.19. The number of aliphatic hydroxyl groups excluding tert-OH is 1. The van der Waals surface area contributed by atoms with Gasteiger partial charge < -0.3 is 9.84 Å². The summed E-state index contributed by atoms with van der Waals surface area (Å²) in [5.41, 5.74) is 2.72. The smallest absolute Gasteiger partial charge is 0.0581 e. The zero-order chi connectivity index (χ0) is 14.5. The van der Waals surface area contributed by atoms with Crippen LogP contribution in [0.5, 0.6) is 0 Å². The minimum Gasteiger partial charge on any atom is -0.393 e. The van der Waals surface area contributed by atoms with E-state index in [4.69, 9.17) is 4.74 Å². The van der Waals surface area contributed by atoms with Gasteiger partial charge in [0, 0.05) is 7.11 Å². The molecule has 19 heavy (non-hydrogen) atoms. The molecule has 2 atom stereocenters. The van der Waals surface area contributed by atoms with Gasteiger partial charge in [0.25, 0.3) is 0 Å². The molecular formula is C17H28O2. The molecule has 0 radical (unpaired) electrons. The Hall–Kier alpha value is -0.860. The Kier molecular flexibility index (Phi) is 6.02. The topological polar surface area (TPSA) is 29.5 Å². The third-order valence-corrected chi connectivity index (χ3v) is 3.60. The van der Waals surface area contributed by atoms with Gasteiger partial charge in [0.1, 0.15) is 0 Å². The normalized spacial score (nSPS) is 15.3. The summed E-state index contributed by atoms with van der Waals surface area (Å²) in [7, 11) is 1.71. The Morgan fingerprint density at radius 2 is 1.68 bits per heavy atom. The van der Waals surface area contributed by atoms with Crippen molar-refractivity contribution >= 4 is 0 Å². The van der Waals surface area contributed by atoms with E-state index in [-0.39, 0.29) is 17.6 Å². The van der Waals surface area contributed by atoms with Gasteiger partial charge in [-0.3, -0.25) is 0 Å². The number of benzene rings is 1. The van der Waals surface area contributed by atoms with E-state index >= 15 is 0 Å². The second-order valence-corrected chi connectivity index (χ2v) is 6.43. The average Bonchev–Trinajstić information content (AvgIpc) is 2.35. The molecule has 0 saturated carbocycles. The largest absolute Gasteiger partial charge is 0.393 e. The summed E-state index contributed by atoms with van der Waals surface area (Å²) in [6, 6.07) is 8.59. The van der Waals surface area contributed by atoms with E-state index in [0.29, 0.717) is 0 Å². The molecular weight excluding hydrogens is 236 g/mol. The van der Waals surface area contributed by atoms with Crippen LogP contribution in [0.3, 0.4) is 0 Å². The Labute approximate surface area is 117 Å². The second-order valence-electron chi connectivity index (χ2n) is 6.43. The zero-order valence-corrected chi connectivity index (χ0v) is 12.9. The van der Waals surface area contributed by atoms with Crippen LogP contribution in [0.4, 0.5) is 0 Å². The Balaban J connectivity index is 2.49. The number of aliphatic hydroxyl groups is 1. The van der Waals surface area contributed by atoms with Crippen molar-refractivity contribution in [2.45, 2.75) is 64.6 Å². The molecule has 0 bridgehead atoms. The van der Waals surface area contributed by atoms with Crippen LogP contribution in [-0.4, -0.2) is 24.4 Å². The maximum Gasteiger partial charge on any atom is 0.0581 e. The first-order valence-electron chi connectivity index (χ1n) is 7.13. The minimum atomic E-state index is -0.280. The van der Waals surface area contributed by atoms with E-state index < -0.39 is 0 Å². The van der Waals surface area contributed by atoms with Crippen LogP contribution in [0, 0.1) is 0 Å². The van der Waals surface area contributed by atoms with E-state index in [9.17, 15) is 5.11 Å². The molecule has 0 fully saturated rings. The number of methoxy groups -OCH3 is 1. The molecule has 0 amide bonds. The highest BCUT2D eigenvalue weighted by molar-refractivity contribution is 5.27. The lowest BCUT2D eigenvalue weighted by Crippen LogP contribution is -2.15. The zero-order valence-electron chi connectivity index (χ0n) is 12.9. The highest BCUT2D eigenvalue weighted by Crippen LogP contribution is 2.22. The SMILES string of the molecule is COC(C)CCC(O)Cc1ccc(C(C)(C)C)cc1. The van der Waals surface area contributed by atoms with Crippen LogP contribution < -0.4 is 0 Å². The Morgan fingerprint density at radius 1 is 1.11 bits per heavy atom. The molecule has 1 aromatic carbocycles. The monoisotopic (exact) mass is 264 g/mol. The van der Waals surface area contributed by atoms with Crippen LogP contribution in [0.15, 0.2) is 24.3 Å². The molecule has 0 spiro atoms. The van der Waals surface area contributed by atoms with Gasteiger partial charge in [-0.1, -0.05) is 45.0 Å². The molecule has 0 aliphatic rings. The third-order valence-electron chi connectivity index (χ3n) is 3.60. The molecule has 0 aromatic heterocycles. The lowest BCUT2D eigenvalue weighted by Gasteiger charge is -2.19. The van der Waals surface area contributed by atoms with Crippen molar-refractivity contribution in [1.82, 2.24) is 0 Å². The van der Waals surface area contributed by atoms with Crippen LogP contribution in [0.2, 0.25) is 0 Å². The first kappa shape index (κ1) is 16.2. The standard InChI is InChI=1S/C17H28O2/c1-13(19-5)6-11-16(18)12-14-7-9-15(10-8-14)17(2,3)4/h7-10,13,16,18H,6,11-12H2,1-5H3. The van der Waals surface area contributed by atoms with Crippen molar-refractivity contribution < 1.29 is 9.84 Å². The molecule has 2 heteroatoms. The van der Waals surface area contributed by atoms with E-state index in [1.807, 2.05) is 6.92 Å². The maximum atomic E-state index is 10.0. The first-order valence-corrected chi connectivity index (χ1v) is 7.13. The van der Waals surface area contributed by atoms with Gasteiger partial charge in [0.15, 0.2) is 0 Å². The molecule has 1 aromatic rings. The Bertz CT molecular complexity index is 362. The lowest BCUT2D eigenvalue weighted by atomic mass is 9.86. The fourth-order valence-corrected chi connectivity index (χ4v) is 2.06. The lowest BCUT2D eigenvalue weighted by molar-refractivity contribution is 0.0851. The molecule has 0 aliphatic heterocycles. The van der Waals surface area contributed by atoms with Gasteiger partial charge >= 0.3 is 0 Å². The molecule has 1 N–H and O–H groups in total. The highest BCUT2D eigenvalue weighted by Gasteiger charge is 2.13. The van der Waals surface area contributed by atoms with Crippen molar-refractivity contribution in [3.63, 3.8) is 0 Å². The van der Waals surface area contributed by atoms with Crippen molar-refractivity contribution in [2.24, 2.45) is 0 Å². The summed E-state index contributed by atoms with van der Waals surface area (Å²) in [5, 5.41) is 10.0. The Morgan fingerprint density at radius 3 is 2.16 bits per heavy atom. The predicted molar refractivity (Wildman–Crippen MR) is 80.6 cm³/mol. The quantitative estimate of drug-likeness (QED) is 0.849. The third kappa shape index (κ3) is 5.75. The molecule has 108 valence electrons. The molecule has 0 saturated heterocycles. The van der Waals surface area contributed by atoms with E-state index in [0.717, 1.165) is 19.3 Å². The van der Waals surface area contributed by atoms with Crippen LogP contribution in [-0.2, 0) is 16.6 Å². The van der Waals surface area contributed by atoms with Crippen molar-refractivity contribution in [2.75, 3.05) is 7.11 Å². The molecule has 0 heterocycles. The van der Waals surface area contributed by atoms with Gasteiger partial charge in [-0.25, -0.2) is 0 Å². The van der Waals surface area contributed by atoms with Crippen molar-refractivity contribution in [3.8, 4) is 0 Å². The maximum absolute atomic E-state index is 10.0. The highest BCUT2D eigenvalue weighted by atomic mass is 16.5. The molecule has 2 unspecified atom stereocenters. The number of hydrogen-bond donors (Lipinski definition) is 1. The van der Waals surface area contributed by atoms with Gasteiger partial charge in [0.05, 0.1) is 12.2 Å². The number of rotatable bonds is 6. The molecule has 0 aliphatic carbocycles. The van der Waals surface area contributed by atoms with Gasteiger partial charge in [0.2, 0.25) is 0 Å². The van der Waals surface area contributed by atoms with Gasteiger partial charge in [-0.05, 0) is 42.7 Å². The number of ether oxygens (including phenoxy) is 1. The number of hydrogen-bond acceptors (Lipinski definition) is 2. The van der Waals surface area contributed by atoms with Crippen molar-refractivity contribution in [3.05, 3.63) is 35.4 Å². The molecule has 2 nitrogen and oxygen atoms in total. The van der Waals surface area contributed by atoms with Crippen LogP contribution in [0.1, 0.15) is 51.7 Å². The van der Waals surface area contributed by atoms with Gasteiger partial charge in [-0.2, -0.15) is 0 Å². The van der Waals surface area contributed by atoms with Crippen LogP contribution >= 0.6 is 0 Å². The summed E-state index contributed by atoms with van der Waals surface area (Å²) in [5.74, 6) is 0. The fraction of sp³-hybridized carbons (Fsp3) is 0.647. The van der Waals surface area contributed by atoms with E-state index in [1.165, 1.54) is 11.1 Å². The second kappa shape index (κ2) is 7.06. The summed E-state index contributed by atoms with van der Waals surface area (Å²) in [6.07, 6.45) is 2.35. The fourth-order valence-electron chi connectivity index (χ4n) is 2.06. The summed E-state index contributed by atoms with van der Waals surface area (Å²) in [4.78, 5) is 0. The van der Waals surface area contributed by atoms with Crippen molar-refractivity contribution in [1.29, 1.82) is 0 Å². The summed E-state index contributed by atoms with van der Waals surface area (Å²) >= 11 is 0. The average molecular weight is 264 g/mol. The van der Waals surface area contributed by atoms with E-state index in [2.05, 4.69) is 45.0 Å². The molecule has 1 rings (SSSR count). The van der Waals surface area contributed by atoms with Gasteiger partial charge in [-0.15, -0.1) is 0 Å². The van der Waals surface area contributed by atoms with E-state index in [1.54, 1.807) is 7.11 Å². The van der Waals surface area contributed by atoms with Crippen LogP contribution in [0.25, 0.3) is 0 Å². The minimum absolute atomic E-state index is 0.186. The predicted octanol–water partition coefficient (Wildman–Crippen LogP) is 3.70. The first-order chi connectivity index (χ1) is 8.82. The summed E-state index contributed by atoms with van der Waals surface area (Å²) in [6.45, 7) is 8.67.